The molecule has 6 heteroatoms. The lowest BCUT2D eigenvalue weighted by Gasteiger charge is -2.10. The number of hydrogen-bond donors (Lipinski definition) is 0. The average Bonchev–Trinajstić information content (AvgIpc) is 3.06. The monoisotopic (exact) mass is 379 g/mol. The van der Waals surface area contributed by atoms with Crippen LogP contribution in [0.4, 0.5) is 0 Å². The standard InChI is InChI=1S/C21H17NO4S/c1-3-6-13-9-14-18(10-17(13)26-12(2)23)25-11-15(20(14)24)21-22-16-7-4-5-8-19(16)27-21/h4-5,7-11H,3,6H2,1-2H3. The van der Waals surface area contributed by atoms with Crippen LogP contribution in [0.2, 0.25) is 0 Å². The van der Waals surface area contributed by atoms with Gasteiger partial charge in [0.25, 0.3) is 0 Å². The second-order valence-electron chi connectivity index (χ2n) is 6.26. The van der Waals surface area contributed by atoms with Gasteiger partial charge in [0.2, 0.25) is 5.43 Å². The van der Waals surface area contributed by atoms with Crippen molar-refractivity contribution in [1.82, 2.24) is 4.98 Å². The maximum Gasteiger partial charge on any atom is 0.308 e. The highest BCUT2D eigenvalue weighted by Gasteiger charge is 2.16. The van der Waals surface area contributed by atoms with E-state index in [0.717, 1.165) is 22.2 Å². The van der Waals surface area contributed by atoms with Gasteiger partial charge in [-0.2, -0.15) is 0 Å². The number of aromatic nitrogens is 1. The summed E-state index contributed by atoms with van der Waals surface area (Å²) in [6.45, 7) is 3.38. The van der Waals surface area contributed by atoms with Crippen LogP contribution in [0.1, 0.15) is 25.8 Å². The molecule has 0 bridgehead atoms. The number of thiazole rings is 1. The van der Waals surface area contributed by atoms with Crippen LogP contribution >= 0.6 is 11.3 Å². The van der Waals surface area contributed by atoms with Crippen molar-refractivity contribution in [2.75, 3.05) is 0 Å². The number of aryl methyl sites for hydroxylation is 1. The molecule has 0 atom stereocenters. The minimum absolute atomic E-state index is 0.137. The topological polar surface area (TPSA) is 69.4 Å². The molecule has 0 aliphatic rings. The molecular formula is C21H17NO4S. The van der Waals surface area contributed by atoms with Crippen LogP contribution < -0.4 is 10.2 Å². The Balaban J connectivity index is 1.90. The van der Waals surface area contributed by atoms with Gasteiger partial charge >= 0.3 is 5.97 Å². The lowest BCUT2D eigenvalue weighted by atomic mass is 10.0. The highest BCUT2D eigenvalue weighted by molar-refractivity contribution is 7.21. The lowest BCUT2D eigenvalue weighted by Crippen LogP contribution is -2.08. The Hall–Kier alpha value is -2.99. The number of rotatable bonds is 4. The number of para-hydroxylation sites is 1. The zero-order valence-corrected chi connectivity index (χ0v) is 15.8. The van der Waals surface area contributed by atoms with E-state index in [1.807, 2.05) is 31.2 Å². The molecule has 2 aromatic heterocycles. The number of benzene rings is 2. The van der Waals surface area contributed by atoms with Crippen molar-refractivity contribution in [3.63, 3.8) is 0 Å². The van der Waals surface area contributed by atoms with Crippen LogP contribution in [0.5, 0.6) is 5.75 Å². The van der Waals surface area contributed by atoms with Gasteiger partial charge in [-0.3, -0.25) is 9.59 Å². The largest absolute Gasteiger partial charge is 0.463 e. The molecule has 0 amide bonds. The summed E-state index contributed by atoms with van der Waals surface area (Å²) in [5, 5.41) is 1.10. The van der Waals surface area contributed by atoms with Crippen molar-refractivity contribution < 1.29 is 13.9 Å². The average molecular weight is 379 g/mol. The normalized spacial score (nSPS) is 11.2. The van der Waals surface area contributed by atoms with E-state index in [0.29, 0.717) is 33.7 Å². The summed E-state index contributed by atoms with van der Waals surface area (Å²) in [6.07, 6.45) is 2.99. The number of ether oxygens (including phenoxy) is 1. The fourth-order valence-corrected chi connectivity index (χ4v) is 4.02. The van der Waals surface area contributed by atoms with Gasteiger partial charge in [0.1, 0.15) is 22.6 Å². The fraction of sp³-hybridized carbons (Fsp3) is 0.190. The van der Waals surface area contributed by atoms with Gasteiger partial charge in [0, 0.05) is 13.0 Å². The van der Waals surface area contributed by atoms with Gasteiger partial charge in [0.05, 0.1) is 21.2 Å². The molecule has 0 N–H and O–H groups in total. The predicted molar refractivity (Wildman–Crippen MR) is 106 cm³/mol. The Morgan fingerprint density at radius 2 is 2.07 bits per heavy atom. The van der Waals surface area contributed by atoms with Crippen molar-refractivity contribution in [3.8, 4) is 16.3 Å². The van der Waals surface area contributed by atoms with Crippen molar-refractivity contribution >= 4 is 38.5 Å². The van der Waals surface area contributed by atoms with Crippen molar-refractivity contribution in [1.29, 1.82) is 0 Å². The van der Waals surface area contributed by atoms with Gasteiger partial charge in [0.15, 0.2) is 0 Å². The van der Waals surface area contributed by atoms with Gasteiger partial charge in [-0.1, -0.05) is 25.5 Å². The van der Waals surface area contributed by atoms with Crippen molar-refractivity contribution in [2.45, 2.75) is 26.7 Å². The zero-order chi connectivity index (χ0) is 19.0. The Morgan fingerprint density at radius 1 is 1.26 bits per heavy atom. The molecule has 4 aromatic rings. The Bertz CT molecular complexity index is 1190. The van der Waals surface area contributed by atoms with Crippen LogP contribution in [0.15, 0.2) is 51.9 Å². The maximum atomic E-state index is 13.1. The van der Waals surface area contributed by atoms with Crippen LogP contribution in [0, 0.1) is 0 Å². The number of carbonyl (C=O) groups excluding carboxylic acids is 1. The fourth-order valence-electron chi connectivity index (χ4n) is 3.05. The predicted octanol–water partition coefficient (Wildman–Crippen LogP) is 4.95. The number of carbonyl (C=O) groups is 1. The van der Waals surface area contributed by atoms with Crippen LogP contribution in [0.3, 0.4) is 0 Å². The number of esters is 1. The molecule has 0 saturated carbocycles. The smallest absolute Gasteiger partial charge is 0.308 e. The van der Waals surface area contributed by atoms with E-state index >= 15 is 0 Å². The second kappa shape index (κ2) is 6.96. The first kappa shape index (κ1) is 17.4. The third kappa shape index (κ3) is 3.24. The molecule has 2 aromatic carbocycles. The first-order valence-corrected chi connectivity index (χ1v) is 9.51. The summed E-state index contributed by atoms with van der Waals surface area (Å²) in [7, 11) is 0. The molecule has 0 aliphatic carbocycles. The Morgan fingerprint density at radius 3 is 2.81 bits per heavy atom. The first-order valence-electron chi connectivity index (χ1n) is 8.69. The molecule has 0 spiro atoms. The molecule has 136 valence electrons. The van der Waals surface area contributed by atoms with Crippen molar-refractivity contribution in [3.05, 3.63) is 58.4 Å². The number of nitrogens with zero attached hydrogens (tertiary/aromatic N) is 1. The summed E-state index contributed by atoms with van der Waals surface area (Å²) in [5.41, 5.74) is 2.36. The molecule has 5 nitrogen and oxygen atoms in total. The van der Waals surface area contributed by atoms with E-state index in [2.05, 4.69) is 4.98 Å². The summed E-state index contributed by atoms with van der Waals surface area (Å²) in [6, 6.07) is 11.1. The quantitative estimate of drug-likeness (QED) is 0.371. The molecule has 0 fully saturated rings. The Kier molecular flexibility index (Phi) is 4.49. The number of hydrogen-bond acceptors (Lipinski definition) is 6. The van der Waals surface area contributed by atoms with Crippen molar-refractivity contribution in [2.24, 2.45) is 0 Å². The van der Waals surface area contributed by atoms with E-state index in [1.165, 1.54) is 24.5 Å². The molecule has 0 unspecified atom stereocenters. The molecule has 0 radical (unpaired) electrons. The number of fused-ring (bicyclic) bond motifs is 2. The van der Waals surface area contributed by atoms with Crippen LogP contribution in [-0.2, 0) is 11.2 Å². The molecule has 0 saturated heterocycles. The van der Waals surface area contributed by atoms with E-state index in [9.17, 15) is 9.59 Å². The van der Waals surface area contributed by atoms with Gasteiger partial charge in [-0.05, 0) is 30.2 Å². The van der Waals surface area contributed by atoms with E-state index in [-0.39, 0.29) is 5.43 Å². The van der Waals surface area contributed by atoms with E-state index in [4.69, 9.17) is 9.15 Å². The van der Waals surface area contributed by atoms with Gasteiger partial charge < -0.3 is 9.15 Å². The molecule has 0 aliphatic heterocycles. The van der Waals surface area contributed by atoms with Gasteiger partial charge in [-0.25, -0.2) is 4.98 Å². The summed E-state index contributed by atoms with van der Waals surface area (Å²) in [4.78, 5) is 29.0. The molecule has 4 rings (SSSR count). The van der Waals surface area contributed by atoms with Gasteiger partial charge in [-0.15, -0.1) is 11.3 Å². The molecular weight excluding hydrogens is 362 g/mol. The first-order chi connectivity index (χ1) is 13.1. The van der Waals surface area contributed by atoms with Crippen LogP contribution in [0.25, 0.3) is 31.8 Å². The highest BCUT2D eigenvalue weighted by Crippen LogP contribution is 2.31. The third-order valence-electron chi connectivity index (χ3n) is 4.25. The zero-order valence-electron chi connectivity index (χ0n) is 14.9. The molecule has 27 heavy (non-hydrogen) atoms. The maximum absolute atomic E-state index is 13.1. The Labute approximate surface area is 159 Å². The van der Waals surface area contributed by atoms with E-state index in [1.54, 1.807) is 12.1 Å². The summed E-state index contributed by atoms with van der Waals surface area (Å²) < 4.78 is 12.0. The SMILES string of the molecule is CCCc1cc2c(=O)c(-c3nc4ccccc4s3)coc2cc1OC(C)=O. The lowest BCUT2D eigenvalue weighted by molar-refractivity contribution is -0.131. The minimum atomic E-state index is -0.403. The second-order valence-corrected chi connectivity index (χ2v) is 7.30. The third-order valence-corrected chi connectivity index (χ3v) is 5.32. The van der Waals surface area contributed by atoms with E-state index < -0.39 is 5.97 Å². The molecule has 2 heterocycles. The summed E-state index contributed by atoms with van der Waals surface area (Å²) >= 11 is 1.46. The summed E-state index contributed by atoms with van der Waals surface area (Å²) in [5.74, 6) is 0.0351. The highest BCUT2D eigenvalue weighted by atomic mass is 32.1. The van der Waals surface area contributed by atoms with Crippen LogP contribution in [-0.4, -0.2) is 11.0 Å². The minimum Gasteiger partial charge on any atom is -0.463 e.